The summed E-state index contributed by atoms with van der Waals surface area (Å²) < 4.78 is 7.48. The smallest absolute Gasteiger partial charge is 0.144 e. The molecular formula is C19H20N2O3. The second-order valence-corrected chi connectivity index (χ2v) is 5.36. The molecule has 5 nitrogen and oxygen atoms in total. The van der Waals surface area contributed by atoms with Gasteiger partial charge in [0.25, 0.3) is 0 Å². The van der Waals surface area contributed by atoms with Crippen molar-refractivity contribution < 1.29 is 14.9 Å². The maximum Gasteiger partial charge on any atom is 0.144 e. The number of hydrogen-bond donors (Lipinski definition) is 2. The third-order valence-electron chi connectivity index (χ3n) is 3.71. The average Bonchev–Trinajstić information content (AvgIpc) is 3.11. The molecule has 2 N–H and O–H groups in total. The predicted molar refractivity (Wildman–Crippen MR) is 92.4 cm³/mol. The quantitative estimate of drug-likeness (QED) is 0.700. The Morgan fingerprint density at radius 2 is 1.83 bits per heavy atom. The third-order valence-corrected chi connectivity index (χ3v) is 3.71. The second-order valence-electron chi connectivity index (χ2n) is 5.36. The van der Waals surface area contributed by atoms with Crippen molar-refractivity contribution in [3.8, 4) is 22.8 Å². The standard InChI is InChI=1S/C19H20N2O3/c22-11-8-15-4-6-17(7-5-15)21-10-9-20-19(21)16-2-1-3-18(14-16)24-13-12-23/h1-7,9-10,14,22-23H,8,11-13H2. The van der Waals surface area contributed by atoms with Crippen molar-refractivity contribution >= 4 is 0 Å². The van der Waals surface area contributed by atoms with Crippen molar-refractivity contribution in [1.82, 2.24) is 9.55 Å². The summed E-state index contributed by atoms with van der Waals surface area (Å²) in [6.45, 7) is 0.402. The predicted octanol–water partition coefficient (Wildman–Crippen LogP) is 2.45. The minimum absolute atomic E-state index is 0.0148. The van der Waals surface area contributed by atoms with Gasteiger partial charge in [-0.2, -0.15) is 0 Å². The number of aromatic nitrogens is 2. The molecule has 0 saturated carbocycles. The van der Waals surface area contributed by atoms with Crippen molar-refractivity contribution in [2.45, 2.75) is 6.42 Å². The van der Waals surface area contributed by atoms with E-state index in [0.29, 0.717) is 12.2 Å². The molecule has 0 radical (unpaired) electrons. The van der Waals surface area contributed by atoms with Crippen LogP contribution >= 0.6 is 0 Å². The Morgan fingerprint density at radius 1 is 1.00 bits per heavy atom. The summed E-state index contributed by atoms with van der Waals surface area (Å²) in [6, 6.07) is 15.7. The molecule has 3 aromatic rings. The van der Waals surface area contributed by atoms with E-state index in [1.165, 1.54) is 0 Å². The Labute approximate surface area is 140 Å². The zero-order valence-electron chi connectivity index (χ0n) is 13.3. The third kappa shape index (κ3) is 3.64. The van der Waals surface area contributed by atoms with E-state index < -0.39 is 0 Å². The molecule has 124 valence electrons. The van der Waals surface area contributed by atoms with Crippen molar-refractivity contribution in [3.63, 3.8) is 0 Å². The van der Waals surface area contributed by atoms with E-state index in [-0.39, 0.29) is 19.8 Å². The van der Waals surface area contributed by atoms with Crippen LogP contribution < -0.4 is 4.74 Å². The number of imidazole rings is 1. The van der Waals surface area contributed by atoms with E-state index in [1.54, 1.807) is 6.20 Å². The lowest BCUT2D eigenvalue weighted by Crippen LogP contribution is -2.02. The second kappa shape index (κ2) is 7.77. The van der Waals surface area contributed by atoms with Crippen LogP contribution in [0.25, 0.3) is 17.1 Å². The lowest BCUT2D eigenvalue weighted by Gasteiger charge is -2.10. The molecular weight excluding hydrogens is 304 g/mol. The number of ether oxygens (including phenoxy) is 1. The van der Waals surface area contributed by atoms with Crippen LogP contribution in [0.3, 0.4) is 0 Å². The molecule has 24 heavy (non-hydrogen) atoms. The van der Waals surface area contributed by atoms with Crippen LogP contribution in [0.4, 0.5) is 0 Å². The Kier molecular flexibility index (Phi) is 5.25. The maximum atomic E-state index is 9.01. The van der Waals surface area contributed by atoms with Crippen molar-refractivity contribution in [1.29, 1.82) is 0 Å². The van der Waals surface area contributed by atoms with Crippen LogP contribution in [0.5, 0.6) is 5.75 Å². The molecule has 0 saturated heterocycles. The molecule has 0 aliphatic rings. The summed E-state index contributed by atoms with van der Waals surface area (Å²) in [6.07, 6.45) is 4.33. The first kappa shape index (κ1) is 16.2. The molecule has 0 spiro atoms. The Morgan fingerprint density at radius 3 is 2.58 bits per heavy atom. The monoisotopic (exact) mass is 324 g/mol. The van der Waals surface area contributed by atoms with Crippen LogP contribution in [0.15, 0.2) is 60.9 Å². The largest absolute Gasteiger partial charge is 0.491 e. The molecule has 0 unspecified atom stereocenters. The highest BCUT2D eigenvalue weighted by Gasteiger charge is 2.09. The highest BCUT2D eigenvalue weighted by atomic mass is 16.5. The summed E-state index contributed by atoms with van der Waals surface area (Å²) in [7, 11) is 0. The number of aliphatic hydroxyl groups is 2. The highest BCUT2D eigenvalue weighted by molar-refractivity contribution is 5.60. The lowest BCUT2D eigenvalue weighted by molar-refractivity contribution is 0.201. The molecule has 2 aromatic carbocycles. The normalized spacial score (nSPS) is 10.8. The number of rotatable bonds is 7. The van der Waals surface area contributed by atoms with Gasteiger partial charge in [-0.15, -0.1) is 0 Å². The van der Waals surface area contributed by atoms with Crippen molar-refractivity contribution in [2.75, 3.05) is 19.8 Å². The fourth-order valence-corrected chi connectivity index (χ4v) is 2.57. The van der Waals surface area contributed by atoms with Gasteiger partial charge in [0.1, 0.15) is 18.2 Å². The van der Waals surface area contributed by atoms with Gasteiger partial charge in [-0.25, -0.2) is 4.98 Å². The molecule has 0 aliphatic heterocycles. The minimum atomic E-state index is -0.0148. The van der Waals surface area contributed by atoms with Gasteiger partial charge in [0.05, 0.1) is 6.61 Å². The average molecular weight is 324 g/mol. The molecule has 3 rings (SSSR count). The van der Waals surface area contributed by atoms with Crippen LogP contribution in [-0.4, -0.2) is 39.6 Å². The molecule has 1 aromatic heterocycles. The lowest BCUT2D eigenvalue weighted by atomic mass is 10.1. The first-order valence-corrected chi connectivity index (χ1v) is 7.89. The van der Waals surface area contributed by atoms with Gasteiger partial charge >= 0.3 is 0 Å². The molecule has 0 fully saturated rings. The number of hydrogen-bond acceptors (Lipinski definition) is 4. The molecule has 0 amide bonds. The maximum absolute atomic E-state index is 9.01. The summed E-state index contributed by atoms with van der Waals surface area (Å²) in [5.41, 5.74) is 3.04. The van der Waals surface area contributed by atoms with Gasteiger partial charge in [-0.3, -0.25) is 4.57 Å². The molecule has 0 bridgehead atoms. The van der Waals surface area contributed by atoms with E-state index in [1.807, 2.05) is 59.3 Å². The summed E-state index contributed by atoms with van der Waals surface area (Å²) in [4.78, 5) is 4.46. The number of aliphatic hydroxyl groups excluding tert-OH is 2. The van der Waals surface area contributed by atoms with Gasteiger partial charge < -0.3 is 14.9 Å². The van der Waals surface area contributed by atoms with Crippen LogP contribution in [0.1, 0.15) is 5.56 Å². The van der Waals surface area contributed by atoms with Gasteiger partial charge in [0.2, 0.25) is 0 Å². The first-order chi connectivity index (χ1) is 11.8. The van der Waals surface area contributed by atoms with Crippen LogP contribution in [-0.2, 0) is 6.42 Å². The van der Waals surface area contributed by atoms with E-state index in [0.717, 1.165) is 22.6 Å². The van der Waals surface area contributed by atoms with Crippen molar-refractivity contribution in [3.05, 3.63) is 66.5 Å². The van der Waals surface area contributed by atoms with Crippen LogP contribution in [0.2, 0.25) is 0 Å². The Hall–Kier alpha value is -2.63. The van der Waals surface area contributed by atoms with E-state index in [9.17, 15) is 0 Å². The first-order valence-electron chi connectivity index (χ1n) is 7.89. The van der Waals surface area contributed by atoms with Gasteiger partial charge in [-0.1, -0.05) is 24.3 Å². The summed E-state index contributed by atoms with van der Waals surface area (Å²) in [5.74, 6) is 1.52. The highest BCUT2D eigenvalue weighted by Crippen LogP contribution is 2.25. The fraction of sp³-hybridized carbons (Fsp3) is 0.211. The van der Waals surface area contributed by atoms with E-state index in [4.69, 9.17) is 14.9 Å². The number of nitrogens with zero attached hydrogens (tertiary/aromatic N) is 2. The summed E-state index contributed by atoms with van der Waals surface area (Å²) >= 11 is 0. The Balaban J connectivity index is 1.90. The van der Waals surface area contributed by atoms with Crippen LogP contribution in [0, 0.1) is 0 Å². The SMILES string of the molecule is OCCOc1cccc(-c2nccn2-c2ccc(CCO)cc2)c1. The zero-order chi connectivity index (χ0) is 16.8. The molecule has 1 heterocycles. The minimum Gasteiger partial charge on any atom is -0.491 e. The molecule has 5 heteroatoms. The molecule has 0 aliphatic carbocycles. The molecule has 0 atom stereocenters. The van der Waals surface area contributed by atoms with Gasteiger partial charge in [0, 0.05) is 30.3 Å². The Bertz CT molecular complexity index is 781. The van der Waals surface area contributed by atoms with Gasteiger partial charge in [-0.05, 0) is 36.2 Å². The summed E-state index contributed by atoms with van der Waals surface area (Å²) in [5, 5.41) is 17.9. The van der Waals surface area contributed by atoms with E-state index >= 15 is 0 Å². The number of benzene rings is 2. The van der Waals surface area contributed by atoms with Crippen molar-refractivity contribution in [2.24, 2.45) is 0 Å². The fourth-order valence-electron chi connectivity index (χ4n) is 2.57. The topological polar surface area (TPSA) is 67.5 Å². The zero-order valence-corrected chi connectivity index (χ0v) is 13.3. The van der Waals surface area contributed by atoms with Gasteiger partial charge in [0.15, 0.2) is 0 Å². The van der Waals surface area contributed by atoms with E-state index in [2.05, 4.69) is 4.98 Å².